The van der Waals surface area contributed by atoms with Gasteiger partial charge in [0.05, 0.1) is 6.61 Å². The van der Waals surface area contributed by atoms with E-state index in [2.05, 4.69) is 4.74 Å². The number of nitrogens with two attached hydrogens (primary N) is 1. The molecule has 0 heterocycles. The van der Waals surface area contributed by atoms with Crippen LogP contribution in [0.3, 0.4) is 0 Å². The molecule has 1 unspecified atom stereocenters. The molecule has 0 bridgehead atoms. The Labute approximate surface area is 140 Å². The van der Waals surface area contributed by atoms with Crippen molar-refractivity contribution in [2.45, 2.75) is 45.4 Å². The van der Waals surface area contributed by atoms with Crippen LogP contribution in [0.1, 0.15) is 26.3 Å². The van der Waals surface area contributed by atoms with Crippen LogP contribution < -0.4 is 5.73 Å². The number of esters is 1. The normalized spacial score (nSPS) is 14.3. The average Bonchev–Trinajstić information content (AvgIpc) is 2.50. The lowest BCUT2D eigenvalue weighted by Crippen LogP contribution is -2.39. The Morgan fingerprint density at radius 1 is 1.12 bits per heavy atom. The summed E-state index contributed by atoms with van der Waals surface area (Å²) in [5.41, 5.74) is 6.35. The van der Waals surface area contributed by atoms with Crippen LogP contribution in [-0.4, -0.2) is 47.2 Å². The molecule has 0 aliphatic carbocycles. The summed E-state index contributed by atoms with van der Waals surface area (Å²) < 4.78 is 14.8. The summed E-state index contributed by atoms with van der Waals surface area (Å²) in [5.74, 6) is -1.22. The molecule has 0 aliphatic rings. The molecule has 1 aromatic carbocycles. The summed E-state index contributed by atoms with van der Waals surface area (Å²) >= 11 is 0. The number of phenols is 2. The van der Waals surface area contributed by atoms with Gasteiger partial charge < -0.3 is 30.2 Å². The van der Waals surface area contributed by atoms with Crippen LogP contribution in [0, 0.1) is 0 Å². The number of hydrogen-bond acceptors (Lipinski definition) is 8. The highest BCUT2D eigenvalue weighted by atomic mass is 16.7. The second-order valence-corrected chi connectivity index (χ2v) is 5.28. The van der Waals surface area contributed by atoms with Crippen molar-refractivity contribution in [2.75, 3.05) is 6.61 Å². The molecule has 0 amide bonds. The number of hydrogen-bond donors (Lipinski definition) is 3. The third-order valence-corrected chi connectivity index (χ3v) is 3.31. The fourth-order valence-electron chi connectivity index (χ4n) is 1.80. The third kappa shape index (κ3) is 5.96. The van der Waals surface area contributed by atoms with E-state index in [4.69, 9.17) is 15.2 Å². The van der Waals surface area contributed by atoms with Crippen LogP contribution >= 0.6 is 0 Å². The fraction of sp³-hybridized carbons (Fsp3) is 0.500. The first kappa shape index (κ1) is 19.6. The monoisotopic (exact) mass is 341 g/mol. The first-order valence-corrected chi connectivity index (χ1v) is 7.54. The van der Waals surface area contributed by atoms with Gasteiger partial charge in [-0.25, -0.2) is 4.79 Å². The van der Waals surface area contributed by atoms with Crippen LogP contribution in [0.2, 0.25) is 0 Å². The topological polar surface area (TPSA) is 128 Å². The maximum absolute atomic E-state index is 12.0. The highest BCUT2D eigenvalue weighted by Gasteiger charge is 2.24. The van der Waals surface area contributed by atoms with E-state index in [-0.39, 0.29) is 24.5 Å². The Balaban J connectivity index is 2.53. The van der Waals surface area contributed by atoms with E-state index in [1.54, 1.807) is 20.8 Å². The van der Waals surface area contributed by atoms with E-state index in [9.17, 15) is 19.8 Å². The van der Waals surface area contributed by atoms with Gasteiger partial charge in [0.2, 0.25) is 0 Å². The summed E-state index contributed by atoms with van der Waals surface area (Å²) in [4.78, 5) is 23.2. The summed E-state index contributed by atoms with van der Waals surface area (Å²) in [6.45, 7) is 4.97. The molecule has 8 heteroatoms. The lowest BCUT2D eigenvalue weighted by atomic mass is 10.1. The molecule has 1 aromatic rings. The quantitative estimate of drug-likeness (QED) is 0.502. The SMILES string of the molecule is CCOC(=O)OC(C)[C@@H](C)OC(=O)[C@@H](N)Cc1ccc(O)c(O)c1. The van der Waals surface area contributed by atoms with Gasteiger partial charge in [0.1, 0.15) is 18.2 Å². The zero-order chi connectivity index (χ0) is 18.3. The lowest BCUT2D eigenvalue weighted by Gasteiger charge is -2.22. The number of rotatable bonds is 7. The molecule has 0 spiro atoms. The van der Waals surface area contributed by atoms with Crippen molar-refractivity contribution < 1.29 is 34.0 Å². The van der Waals surface area contributed by atoms with E-state index in [0.717, 1.165) is 0 Å². The van der Waals surface area contributed by atoms with E-state index in [1.165, 1.54) is 18.2 Å². The molecule has 8 nitrogen and oxygen atoms in total. The second kappa shape index (κ2) is 8.97. The van der Waals surface area contributed by atoms with E-state index >= 15 is 0 Å². The Morgan fingerprint density at radius 3 is 2.33 bits per heavy atom. The highest BCUT2D eigenvalue weighted by molar-refractivity contribution is 5.76. The molecule has 134 valence electrons. The predicted molar refractivity (Wildman–Crippen MR) is 84.6 cm³/mol. The van der Waals surface area contributed by atoms with Crippen LogP contribution in [0.15, 0.2) is 18.2 Å². The first-order valence-electron chi connectivity index (χ1n) is 7.54. The summed E-state index contributed by atoms with van der Waals surface area (Å²) in [6, 6.07) is 3.20. The van der Waals surface area contributed by atoms with Gasteiger partial charge in [-0.3, -0.25) is 4.79 Å². The van der Waals surface area contributed by atoms with Gasteiger partial charge in [0.25, 0.3) is 0 Å². The molecule has 0 fully saturated rings. The van der Waals surface area contributed by atoms with Crippen molar-refractivity contribution in [2.24, 2.45) is 5.73 Å². The van der Waals surface area contributed by atoms with Gasteiger partial charge in [-0.15, -0.1) is 0 Å². The Kier molecular flexibility index (Phi) is 7.31. The third-order valence-electron chi connectivity index (χ3n) is 3.31. The van der Waals surface area contributed by atoms with Gasteiger partial charge >= 0.3 is 12.1 Å². The summed E-state index contributed by atoms with van der Waals surface area (Å²) in [5, 5.41) is 18.7. The first-order chi connectivity index (χ1) is 11.2. The number of phenolic OH excluding ortho intramolecular Hbond substituents is 2. The van der Waals surface area contributed by atoms with Crippen molar-refractivity contribution in [3.63, 3.8) is 0 Å². The molecule has 24 heavy (non-hydrogen) atoms. The van der Waals surface area contributed by atoms with Gasteiger partial charge in [0.15, 0.2) is 11.5 Å². The molecule has 0 radical (unpaired) electrons. The Hall–Kier alpha value is -2.48. The molecule has 3 atom stereocenters. The van der Waals surface area contributed by atoms with Gasteiger partial charge in [-0.1, -0.05) is 6.07 Å². The molecule has 4 N–H and O–H groups in total. The number of benzene rings is 1. The summed E-state index contributed by atoms with van der Waals surface area (Å²) in [6.07, 6.45) is -2.12. The van der Waals surface area contributed by atoms with E-state index in [1.807, 2.05) is 0 Å². The van der Waals surface area contributed by atoms with Crippen LogP contribution in [0.5, 0.6) is 11.5 Å². The number of carbonyl (C=O) groups is 2. The minimum absolute atomic E-state index is 0.118. The largest absolute Gasteiger partial charge is 0.508 e. The minimum atomic E-state index is -0.966. The molecule has 0 saturated heterocycles. The molecule has 0 saturated carbocycles. The van der Waals surface area contributed by atoms with Crippen LogP contribution in [0.25, 0.3) is 0 Å². The number of ether oxygens (including phenoxy) is 3. The van der Waals surface area contributed by atoms with Crippen molar-refractivity contribution in [3.8, 4) is 11.5 Å². The van der Waals surface area contributed by atoms with Crippen molar-refractivity contribution in [1.29, 1.82) is 0 Å². The standard InChI is InChI=1S/C16H23NO7/c1-4-22-16(21)24-10(3)9(2)23-15(20)12(17)7-11-5-6-13(18)14(19)8-11/h5-6,8-10,12,18-19H,4,7,17H2,1-3H3/t9-,10?,12+/m1/s1. The van der Waals surface area contributed by atoms with Gasteiger partial charge in [-0.2, -0.15) is 0 Å². The average molecular weight is 341 g/mol. The van der Waals surface area contributed by atoms with Gasteiger partial charge in [-0.05, 0) is 44.9 Å². The number of aromatic hydroxyl groups is 2. The second-order valence-electron chi connectivity index (χ2n) is 5.28. The zero-order valence-corrected chi connectivity index (χ0v) is 13.9. The Morgan fingerprint density at radius 2 is 1.75 bits per heavy atom. The summed E-state index contributed by atoms with van der Waals surface area (Å²) in [7, 11) is 0. The smallest absolute Gasteiger partial charge is 0.504 e. The Bertz CT molecular complexity index is 576. The van der Waals surface area contributed by atoms with Crippen molar-refractivity contribution in [1.82, 2.24) is 0 Å². The maximum atomic E-state index is 12.0. The minimum Gasteiger partial charge on any atom is -0.504 e. The molecule has 0 aliphatic heterocycles. The van der Waals surface area contributed by atoms with Gasteiger partial charge in [0, 0.05) is 0 Å². The predicted octanol–water partition coefficient (Wildman–Crippen LogP) is 1.46. The zero-order valence-electron chi connectivity index (χ0n) is 13.9. The fourth-order valence-corrected chi connectivity index (χ4v) is 1.80. The van der Waals surface area contributed by atoms with Crippen LogP contribution in [0.4, 0.5) is 4.79 Å². The highest BCUT2D eigenvalue weighted by Crippen LogP contribution is 2.25. The number of carbonyl (C=O) groups excluding carboxylic acids is 2. The molecular weight excluding hydrogens is 318 g/mol. The van der Waals surface area contributed by atoms with Crippen LogP contribution in [-0.2, 0) is 25.4 Å². The molecule has 1 rings (SSSR count). The van der Waals surface area contributed by atoms with E-state index in [0.29, 0.717) is 5.56 Å². The van der Waals surface area contributed by atoms with Crippen molar-refractivity contribution >= 4 is 12.1 Å². The maximum Gasteiger partial charge on any atom is 0.508 e. The molecular formula is C16H23NO7. The van der Waals surface area contributed by atoms with E-state index < -0.39 is 30.4 Å². The molecule has 0 aromatic heterocycles. The lowest BCUT2D eigenvalue weighted by molar-refractivity contribution is -0.155. The van der Waals surface area contributed by atoms with Crippen molar-refractivity contribution in [3.05, 3.63) is 23.8 Å².